The van der Waals surface area contributed by atoms with Crippen LogP contribution in [0.3, 0.4) is 0 Å². The minimum Gasteiger partial charge on any atom is -0.450 e. The van der Waals surface area contributed by atoms with E-state index >= 15 is 0 Å². The first kappa shape index (κ1) is 20.0. The van der Waals surface area contributed by atoms with Crippen molar-refractivity contribution in [2.24, 2.45) is 0 Å². The van der Waals surface area contributed by atoms with Gasteiger partial charge in [0.25, 0.3) is 11.7 Å². The molecule has 0 bridgehead atoms. The van der Waals surface area contributed by atoms with Gasteiger partial charge in [-0.3, -0.25) is 9.59 Å². The molecule has 9 nitrogen and oxygen atoms in total. The van der Waals surface area contributed by atoms with Gasteiger partial charge in [0.15, 0.2) is 5.60 Å². The zero-order chi connectivity index (χ0) is 20.7. The maximum atomic E-state index is 12.7. The van der Waals surface area contributed by atoms with Crippen molar-refractivity contribution in [1.82, 2.24) is 24.5 Å². The number of piperazine rings is 1. The van der Waals surface area contributed by atoms with Crippen LogP contribution in [0.1, 0.15) is 47.2 Å². The van der Waals surface area contributed by atoms with E-state index in [9.17, 15) is 9.59 Å². The third kappa shape index (κ3) is 3.93. The van der Waals surface area contributed by atoms with Gasteiger partial charge in [0.1, 0.15) is 0 Å². The van der Waals surface area contributed by atoms with Crippen molar-refractivity contribution < 1.29 is 14.3 Å². The molecule has 28 heavy (non-hydrogen) atoms. The van der Waals surface area contributed by atoms with E-state index in [-0.39, 0.29) is 11.3 Å². The molecule has 2 aromatic rings. The van der Waals surface area contributed by atoms with Crippen LogP contribution in [0.2, 0.25) is 0 Å². The molecular formula is C19H28N6O3. The van der Waals surface area contributed by atoms with Gasteiger partial charge in [0.2, 0.25) is 5.95 Å². The Morgan fingerprint density at radius 2 is 1.71 bits per heavy atom. The van der Waals surface area contributed by atoms with E-state index in [0.29, 0.717) is 37.9 Å². The average Bonchev–Trinajstić information content (AvgIpc) is 3.03. The molecule has 0 aliphatic carbocycles. The van der Waals surface area contributed by atoms with E-state index in [1.165, 1.54) is 6.92 Å². The first-order valence-electron chi connectivity index (χ1n) is 9.45. The van der Waals surface area contributed by atoms with E-state index in [2.05, 4.69) is 35.8 Å². The van der Waals surface area contributed by atoms with Crippen molar-refractivity contribution in [2.45, 2.75) is 52.6 Å². The molecule has 1 saturated heterocycles. The molecule has 0 radical (unpaired) electrons. The van der Waals surface area contributed by atoms with Crippen molar-refractivity contribution in [1.29, 1.82) is 0 Å². The fourth-order valence-corrected chi connectivity index (χ4v) is 3.38. The summed E-state index contributed by atoms with van der Waals surface area (Å²) in [5.41, 5.74) is -0.214. The van der Waals surface area contributed by atoms with Gasteiger partial charge in [-0.05, 0) is 19.9 Å². The van der Waals surface area contributed by atoms with Crippen LogP contribution >= 0.6 is 0 Å². The van der Waals surface area contributed by atoms with Crippen LogP contribution < -0.4 is 4.90 Å². The van der Waals surface area contributed by atoms with Gasteiger partial charge in [-0.2, -0.15) is 9.50 Å². The Kier molecular flexibility index (Phi) is 5.03. The lowest BCUT2D eigenvalue weighted by atomic mass is 9.92. The second-order valence-corrected chi connectivity index (χ2v) is 8.59. The van der Waals surface area contributed by atoms with Gasteiger partial charge in [0, 0.05) is 44.7 Å². The molecule has 3 heterocycles. The molecule has 152 valence electrons. The third-order valence-electron chi connectivity index (χ3n) is 4.76. The van der Waals surface area contributed by atoms with Crippen LogP contribution in [0.5, 0.6) is 0 Å². The Morgan fingerprint density at radius 1 is 1.07 bits per heavy atom. The number of fused-ring (bicyclic) bond motifs is 1. The zero-order valence-electron chi connectivity index (χ0n) is 17.4. The number of esters is 1. The van der Waals surface area contributed by atoms with Crippen molar-refractivity contribution in [3.05, 3.63) is 18.0 Å². The summed E-state index contributed by atoms with van der Waals surface area (Å²) in [6, 6.07) is 1.96. The Labute approximate surface area is 164 Å². The van der Waals surface area contributed by atoms with Gasteiger partial charge < -0.3 is 14.5 Å². The van der Waals surface area contributed by atoms with E-state index in [4.69, 9.17) is 4.74 Å². The number of carbonyl (C=O) groups excluding carboxylic acids is 2. The van der Waals surface area contributed by atoms with E-state index in [1.807, 2.05) is 11.0 Å². The number of ether oxygens (including phenoxy) is 1. The van der Waals surface area contributed by atoms with Gasteiger partial charge in [0.05, 0.1) is 5.69 Å². The van der Waals surface area contributed by atoms with Crippen LogP contribution in [-0.2, 0) is 19.7 Å². The third-order valence-corrected chi connectivity index (χ3v) is 4.76. The Morgan fingerprint density at radius 3 is 2.29 bits per heavy atom. The van der Waals surface area contributed by atoms with Gasteiger partial charge >= 0.3 is 5.97 Å². The fourth-order valence-electron chi connectivity index (χ4n) is 3.38. The molecule has 9 heteroatoms. The highest BCUT2D eigenvalue weighted by molar-refractivity contribution is 5.87. The van der Waals surface area contributed by atoms with Crippen LogP contribution in [0.4, 0.5) is 5.95 Å². The molecule has 1 amide bonds. The summed E-state index contributed by atoms with van der Waals surface area (Å²) in [6.07, 6.45) is 1.75. The predicted molar refractivity (Wildman–Crippen MR) is 104 cm³/mol. The monoisotopic (exact) mass is 388 g/mol. The predicted octanol–water partition coefficient (Wildman–Crippen LogP) is 1.41. The van der Waals surface area contributed by atoms with E-state index < -0.39 is 11.6 Å². The van der Waals surface area contributed by atoms with Gasteiger partial charge in [-0.1, -0.05) is 20.8 Å². The van der Waals surface area contributed by atoms with Crippen LogP contribution in [0.25, 0.3) is 5.78 Å². The lowest BCUT2D eigenvalue weighted by molar-refractivity contribution is -0.168. The number of carbonyl (C=O) groups is 2. The Balaban J connectivity index is 1.73. The summed E-state index contributed by atoms with van der Waals surface area (Å²) < 4.78 is 6.96. The first-order chi connectivity index (χ1) is 13.0. The highest BCUT2D eigenvalue weighted by Crippen LogP contribution is 2.23. The van der Waals surface area contributed by atoms with E-state index in [1.54, 1.807) is 29.5 Å². The molecule has 1 aliphatic heterocycles. The SMILES string of the molecule is CC(=O)OC(C)(C)C(=O)N1CCN(c2nc3nccc(C(C)(C)C)n3n2)CC1. The van der Waals surface area contributed by atoms with Crippen molar-refractivity contribution in [2.75, 3.05) is 31.1 Å². The second-order valence-electron chi connectivity index (χ2n) is 8.59. The summed E-state index contributed by atoms with van der Waals surface area (Å²) in [6.45, 7) is 13.1. The summed E-state index contributed by atoms with van der Waals surface area (Å²) in [7, 11) is 0. The lowest BCUT2D eigenvalue weighted by Crippen LogP contribution is -2.55. The van der Waals surface area contributed by atoms with Crippen molar-refractivity contribution >= 4 is 23.6 Å². The normalized spacial score (nSPS) is 15.8. The zero-order valence-corrected chi connectivity index (χ0v) is 17.4. The number of aromatic nitrogens is 4. The minimum atomic E-state index is -1.17. The number of hydrogen-bond acceptors (Lipinski definition) is 7. The molecule has 3 rings (SSSR count). The molecule has 0 unspecified atom stereocenters. The Bertz CT molecular complexity index is 891. The quantitative estimate of drug-likeness (QED) is 0.734. The number of hydrogen-bond donors (Lipinski definition) is 0. The number of rotatable bonds is 3. The number of nitrogens with zero attached hydrogens (tertiary/aromatic N) is 6. The highest BCUT2D eigenvalue weighted by atomic mass is 16.6. The summed E-state index contributed by atoms with van der Waals surface area (Å²) in [5.74, 6) is 0.516. The second kappa shape index (κ2) is 7.03. The van der Waals surface area contributed by atoms with Crippen molar-refractivity contribution in [3.8, 4) is 0 Å². The maximum Gasteiger partial charge on any atom is 0.303 e. The molecule has 1 fully saturated rings. The van der Waals surface area contributed by atoms with Gasteiger partial charge in [-0.15, -0.1) is 5.10 Å². The Hall–Kier alpha value is -2.71. The molecule has 0 atom stereocenters. The molecule has 0 N–H and O–H groups in total. The summed E-state index contributed by atoms with van der Waals surface area (Å²) in [5, 5.41) is 4.66. The van der Waals surface area contributed by atoms with Crippen LogP contribution in [0, 0.1) is 0 Å². The molecule has 0 spiro atoms. The molecular weight excluding hydrogens is 360 g/mol. The molecule has 0 aromatic carbocycles. The van der Waals surface area contributed by atoms with Crippen molar-refractivity contribution in [3.63, 3.8) is 0 Å². The molecule has 2 aromatic heterocycles. The standard InChI is InChI=1S/C19H28N6O3/c1-13(26)28-19(5,6)15(27)23-9-11-24(12-10-23)17-21-16-20-8-7-14(18(2,3)4)25(16)22-17/h7-8H,9-12H2,1-6H3. The lowest BCUT2D eigenvalue weighted by Gasteiger charge is -2.37. The van der Waals surface area contributed by atoms with Gasteiger partial charge in [-0.25, -0.2) is 4.98 Å². The first-order valence-corrected chi connectivity index (χ1v) is 9.45. The number of anilines is 1. The largest absolute Gasteiger partial charge is 0.450 e. The van der Waals surface area contributed by atoms with Crippen LogP contribution in [-0.4, -0.2) is 68.1 Å². The summed E-state index contributed by atoms with van der Waals surface area (Å²) in [4.78, 5) is 36.6. The minimum absolute atomic E-state index is 0.0838. The topological polar surface area (TPSA) is 92.9 Å². The highest BCUT2D eigenvalue weighted by Gasteiger charge is 2.36. The maximum absolute atomic E-state index is 12.7. The van der Waals surface area contributed by atoms with E-state index in [0.717, 1.165) is 5.69 Å². The fraction of sp³-hybridized carbons (Fsp3) is 0.632. The summed E-state index contributed by atoms with van der Waals surface area (Å²) >= 11 is 0. The average molecular weight is 388 g/mol. The smallest absolute Gasteiger partial charge is 0.303 e. The van der Waals surface area contributed by atoms with Crippen LogP contribution in [0.15, 0.2) is 12.3 Å². The molecule has 0 saturated carbocycles. The molecule has 1 aliphatic rings. The number of amides is 1.